The van der Waals surface area contributed by atoms with E-state index < -0.39 is 0 Å². The Morgan fingerprint density at radius 2 is 1.93 bits per heavy atom. The molecule has 0 aromatic heterocycles. The van der Waals surface area contributed by atoms with Gasteiger partial charge in [-0.25, -0.2) is 0 Å². The maximum atomic E-state index is 5.53. The van der Waals surface area contributed by atoms with E-state index in [2.05, 4.69) is 39.9 Å². The molecule has 0 spiro atoms. The van der Waals surface area contributed by atoms with Gasteiger partial charge in [-0.2, -0.15) is 0 Å². The van der Waals surface area contributed by atoms with Crippen molar-refractivity contribution in [3.8, 4) is 0 Å². The smallest absolute Gasteiger partial charge is 0.118 e. The second-order valence-corrected chi connectivity index (χ2v) is 4.48. The van der Waals surface area contributed by atoms with Gasteiger partial charge in [0.1, 0.15) is 6.73 Å². The van der Waals surface area contributed by atoms with E-state index >= 15 is 0 Å². The summed E-state index contributed by atoms with van der Waals surface area (Å²) < 4.78 is 6.64. The van der Waals surface area contributed by atoms with Crippen molar-refractivity contribution in [3.63, 3.8) is 0 Å². The zero-order valence-corrected chi connectivity index (χ0v) is 11.0. The van der Waals surface area contributed by atoms with Crippen molar-refractivity contribution in [1.82, 2.24) is 0 Å². The first kappa shape index (κ1) is 12.5. The number of hydrogen-bond acceptors (Lipinski definition) is 2. The quantitative estimate of drug-likeness (QED) is 0.579. The van der Waals surface area contributed by atoms with Gasteiger partial charge in [-0.05, 0) is 30.7 Å². The van der Waals surface area contributed by atoms with Gasteiger partial charge in [0.05, 0.1) is 0 Å². The molecule has 3 heteroatoms. The predicted molar refractivity (Wildman–Crippen MR) is 68.3 cm³/mol. The standard InChI is InChI=1S/C12H18BrNO/c1-3-4-9-15-10-14(2)12-7-5-11(13)6-8-12/h5-8H,3-4,9-10H2,1-2H3. The monoisotopic (exact) mass is 271 g/mol. The summed E-state index contributed by atoms with van der Waals surface area (Å²) in [6, 6.07) is 8.23. The Labute approximate surface area is 100 Å². The van der Waals surface area contributed by atoms with Crippen LogP contribution in [0.4, 0.5) is 5.69 Å². The molecular formula is C12H18BrNO. The van der Waals surface area contributed by atoms with Crippen LogP contribution in [0.3, 0.4) is 0 Å². The van der Waals surface area contributed by atoms with Crippen molar-refractivity contribution in [1.29, 1.82) is 0 Å². The van der Waals surface area contributed by atoms with Gasteiger partial charge in [0, 0.05) is 23.8 Å². The van der Waals surface area contributed by atoms with Gasteiger partial charge in [-0.15, -0.1) is 0 Å². The van der Waals surface area contributed by atoms with Crippen molar-refractivity contribution in [2.45, 2.75) is 19.8 Å². The maximum Gasteiger partial charge on any atom is 0.118 e. The molecule has 0 radical (unpaired) electrons. The third-order valence-electron chi connectivity index (χ3n) is 2.19. The minimum Gasteiger partial charge on any atom is -0.361 e. The Balaban J connectivity index is 2.33. The second kappa shape index (κ2) is 6.85. The van der Waals surface area contributed by atoms with Crippen molar-refractivity contribution >= 4 is 21.6 Å². The van der Waals surface area contributed by atoms with Gasteiger partial charge in [0.15, 0.2) is 0 Å². The minimum atomic E-state index is 0.654. The topological polar surface area (TPSA) is 12.5 Å². The number of ether oxygens (including phenoxy) is 1. The van der Waals surface area contributed by atoms with Crippen molar-refractivity contribution in [3.05, 3.63) is 28.7 Å². The average Bonchev–Trinajstić information content (AvgIpc) is 2.25. The molecule has 15 heavy (non-hydrogen) atoms. The molecule has 0 aliphatic heterocycles. The molecule has 0 saturated heterocycles. The van der Waals surface area contributed by atoms with Crippen molar-refractivity contribution < 1.29 is 4.74 Å². The molecule has 84 valence electrons. The molecule has 0 aliphatic rings. The van der Waals surface area contributed by atoms with E-state index in [1.54, 1.807) is 0 Å². The highest BCUT2D eigenvalue weighted by molar-refractivity contribution is 9.10. The van der Waals surface area contributed by atoms with Gasteiger partial charge >= 0.3 is 0 Å². The lowest BCUT2D eigenvalue weighted by molar-refractivity contribution is 0.134. The number of nitrogens with zero attached hydrogens (tertiary/aromatic N) is 1. The van der Waals surface area contributed by atoms with Crippen LogP contribution in [0.5, 0.6) is 0 Å². The normalized spacial score (nSPS) is 10.3. The maximum absolute atomic E-state index is 5.53. The number of hydrogen-bond donors (Lipinski definition) is 0. The van der Waals surface area contributed by atoms with E-state index in [9.17, 15) is 0 Å². The van der Waals surface area contributed by atoms with E-state index in [1.165, 1.54) is 12.1 Å². The number of benzene rings is 1. The molecule has 0 saturated carbocycles. The number of unbranched alkanes of at least 4 members (excludes halogenated alkanes) is 1. The van der Waals surface area contributed by atoms with Crippen molar-refractivity contribution in [2.75, 3.05) is 25.3 Å². The molecule has 0 aliphatic carbocycles. The molecule has 2 nitrogen and oxygen atoms in total. The summed E-state index contributed by atoms with van der Waals surface area (Å²) in [5.41, 5.74) is 1.18. The molecule has 0 unspecified atom stereocenters. The molecule has 1 rings (SSSR count). The van der Waals surface area contributed by atoms with Crippen LogP contribution in [-0.4, -0.2) is 20.4 Å². The van der Waals surface area contributed by atoms with Crippen LogP contribution in [0.15, 0.2) is 28.7 Å². The zero-order valence-electron chi connectivity index (χ0n) is 9.37. The average molecular weight is 272 g/mol. The van der Waals surface area contributed by atoms with Crippen LogP contribution < -0.4 is 4.90 Å². The van der Waals surface area contributed by atoms with E-state index in [-0.39, 0.29) is 0 Å². The lowest BCUT2D eigenvalue weighted by Gasteiger charge is -2.19. The third-order valence-corrected chi connectivity index (χ3v) is 2.72. The number of anilines is 1. The number of halogens is 1. The minimum absolute atomic E-state index is 0.654. The highest BCUT2D eigenvalue weighted by Crippen LogP contribution is 2.16. The van der Waals surface area contributed by atoms with Crippen LogP contribution in [0, 0.1) is 0 Å². The second-order valence-electron chi connectivity index (χ2n) is 3.57. The van der Waals surface area contributed by atoms with Crippen LogP contribution in [0.1, 0.15) is 19.8 Å². The molecule has 0 N–H and O–H groups in total. The van der Waals surface area contributed by atoms with Gasteiger partial charge < -0.3 is 9.64 Å². The molecule has 0 heterocycles. The largest absolute Gasteiger partial charge is 0.361 e. The van der Waals surface area contributed by atoms with Crippen LogP contribution in [0.2, 0.25) is 0 Å². The summed E-state index contributed by atoms with van der Waals surface area (Å²) >= 11 is 3.42. The van der Waals surface area contributed by atoms with Gasteiger partial charge in [0.2, 0.25) is 0 Å². The Bertz CT molecular complexity index is 273. The first-order chi connectivity index (χ1) is 7.24. The van der Waals surface area contributed by atoms with E-state index in [4.69, 9.17) is 4.74 Å². The molecule has 0 bridgehead atoms. The molecule has 0 fully saturated rings. The van der Waals surface area contributed by atoms with Gasteiger partial charge in [0.25, 0.3) is 0 Å². The summed E-state index contributed by atoms with van der Waals surface area (Å²) in [7, 11) is 2.04. The molecule has 1 aromatic rings. The Kier molecular flexibility index (Phi) is 5.73. The first-order valence-corrected chi connectivity index (χ1v) is 6.07. The zero-order chi connectivity index (χ0) is 11.1. The summed E-state index contributed by atoms with van der Waals surface area (Å²) in [5, 5.41) is 0. The summed E-state index contributed by atoms with van der Waals surface area (Å²) in [5.74, 6) is 0. The SMILES string of the molecule is CCCCOCN(C)c1ccc(Br)cc1. The van der Waals surface area contributed by atoms with Crippen LogP contribution in [-0.2, 0) is 4.74 Å². The van der Waals surface area contributed by atoms with E-state index in [0.717, 1.165) is 17.5 Å². The summed E-state index contributed by atoms with van der Waals surface area (Å²) in [6.07, 6.45) is 2.32. The van der Waals surface area contributed by atoms with Crippen molar-refractivity contribution in [2.24, 2.45) is 0 Å². The van der Waals surface area contributed by atoms with E-state index in [1.807, 2.05) is 19.2 Å². The van der Waals surface area contributed by atoms with E-state index in [0.29, 0.717) is 6.73 Å². The fraction of sp³-hybridized carbons (Fsp3) is 0.500. The highest BCUT2D eigenvalue weighted by atomic mass is 79.9. The fourth-order valence-corrected chi connectivity index (χ4v) is 1.48. The Hall–Kier alpha value is -0.540. The molecule has 0 atom stereocenters. The first-order valence-electron chi connectivity index (χ1n) is 5.28. The lowest BCUT2D eigenvalue weighted by atomic mass is 10.3. The fourth-order valence-electron chi connectivity index (χ4n) is 1.22. The van der Waals surface area contributed by atoms with Gasteiger partial charge in [-0.3, -0.25) is 0 Å². The number of rotatable bonds is 6. The lowest BCUT2D eigenvalue weighted by Crippen LogP contribution is -2.21. The molecule has 0 amide bonds. The summed E-state index contributed by atoms with van der Waals surface area (Å²) in [6.45, 7) is 3.67. The van der Waals surface area contributed by atoms with Crippen LogP contribution >= 0.6 is 15.9 Å². The van der Waals surface area contributed by atoms with Gasteiger partial charge in [-0.1, -0.05) is 29.3 Å². The highest BCUT2D eigenvalue weighted by Gasteiger charge is 1.99. The van der Waals surface area contributed by atoms with Crippen LogP contribution in [0.25, 0.3) is 0 Å². The predicted octanol–water partition coefficient (Wildman–Crippen LogP) is 3.66. The molecule has 1 aromatic carbocycles. The Morgan fingerprint density at radius 1 is 1.27 bits per heavy atom. The Morgan fingerprint density at radius 3 is 2.53 bits per heavy atom. The molecular weight excluding hydrogens is 254 g/mol. The third kappa shape index (κ3) is 4.67. The summed E-state index contributed by atoms with van der Waals surface area (Å²) in [4.78, 5) is 2.10.